The Hall–Kier alpha value is -3.91. The number of H-pyrrole nitrogens is 1. The first-order valence-corrected chi connectivity index (χ1v) is 12.4. The Morgan fingerprint density at radius 1 is 1.17 bits per heavy atom. The highest BCUT2D eigenvalue weighted by Gasteiger charge is 2.39. The third kappa shape index (κ3) is 3.80. The van der Waals surface area contributed by atoms with E-state index in [1.165, 1.54) is 6.39 Å². The van der Waals surface area contributed by atoms with E-state index in [4.69, 9.17) is 9.40 Å². The molecule has 5 aromatic rings. The predicted molar refractivity (Wildman–Crippen MR) is 138 cm³/mol. The molecule has 1 aliphatic rings. The Labute approximate surface area is 206 Å². The van der Waals surface area contributed by atoms with Crippen LogP contribution in [0.4, 0.5) is 5.13 Å². The first-order chi connectivity index (χ1) is 17.0. The van der Waals surface area contributed by atoms with Gasteiger partial charge in [0, 0.05) is 46.9 Å². The number of aromatic amines is 1. The first kappa shape index (κ1) is 21.6. The third-order valence-corrected chi connectivity index (χ3v) is 7.96. The molecule has 7 nitrogen and oxygen atoms in total. The van der Waals surface area contributed by atoms with Gasteiger partial charge in [-0.05, 0) is 31.9 Å². The van der Waals surface area contributed by atoms with Crippen LogP contribution in [0.2, 0.25) is 0 Å². The molecule has 1 fully saturated rings. The number of benzene rings is 2. The lowest BCUT2D eigenvalue weighted by Crippen LogP contribution is -2.46. The Bertz CT molecular complexity index is 1500. The minimum atomic E-state index is -0.774. The molecule has 2 N–H and O–H groups in total. The van der Waals surface area contributed by atoms with E-state index in [0.717, 1.165) is 56.3 Å². The van der Waals surface area contributed by atoms with Crippen molar-refractivity contribution < 1.29 is 14.3 Å². The van der Waals surface area contributed by atoms with Gasteiger partial charge in [0.2, 0.25) is 0 Å². The van der Waals surface area contributed by atoms with Gasteiger partial charge in [0.15, 0.2) is 17.3 Å². The molecule has 1 aliphatic heterocycles. The van der Waals surface area contributed by atoms with Gasteiger partial charge in [-0.1, -0.05) is 47.7 Å². The van der Waals surface area contributed by atoms with Gasteiger partial charge in [-0.15, -0.1) is 0 Å². The zero-order chi connectivity index (χ0) is 24.0. The van der Waals surface area contributed by atoms with Crippen molar-refractivity contribution in [3.8, 4) is 33.0 Å². The second-order valence-corrected chi connectivity index (χ2v) is 10.2. The summed E-state index contributed by atoms with van der Waals surface area (Å²) in [5, 5.41) is 11.8. The number of thiazole rings is 1. The van der Waals surface area contributed by atoms with Crippen molar-refractivity contribution >= 4 is 33.3 Å². The van der Waals surface area contributed by atoms with Crippen LogP contribution in [0.15, 0.2) is 71.7 Å². The Kier molecular flexibility index (Phi) is 5.18. The van der Waals surface area contributed by atoms with Crippen LogP contribution in [0, 0.1) is 5.41 Å². The summed E-state index contributed by atoms with van der Waals surface area (Å²) in [6.07, 6.45) is 6.58. The molecule has 3 aromatic heterocycles. The van der Waals surface area contributed by atoms with Crippen LogP contribution >= 0.6 is 11.3 Å². The Balaban J connectivity index is 1.46. The fourth-order valence-corrected chi connectivity index (χ4v) is 5.99. The summed E-state index contributed by atoms with van der Waals surface area (Å²) >= 11 is 1.63. The Morgan fingerprint density at radius 2 is 2.00 bits per heavy atom. The fourth-order valence-electron chi connectivity index (χ4n) is 4.83. The number of oxazole rings is 1. The lowest BCUT2D eigenvalue weighted by molar-refractivity contribution is -0.148. The molecule has 1 saturated heterocycles. The van der Waals surface area contributed by atoms with E-state index < -0.39 is 11.4 Å². The normalized spacial score (nSPS) is 18.3. The third-order valence-electron chi connectivity index (χ3n) is 6.81. The molecular weight excluding hydrogens is 460 g/mol. The molecule has 0 spiro atoms. The number of hydrogen-bond donors (Lipinski definition) is 2. The van der Waals surface area contributed by atoms with Gasteiger partial charge in [-0.2, -0.15) is 0 Å². The van der Waals surface area contributed by atoms with Gasteiger partial charge < -0.3 is 19.4 Å². The first-order valence-electron chi connectivity index (χ1n) is 11.6. The molecule has 8 heteroatoms. The second kappa shape index (κ2) is 8.39. The Morgan fingerprint density at radius 3 is 2.77 bits per heavy atom. The minimum Gasteiger partial charge on any atom is -0.481 e. The molecular formula is C27H24N4O3S. The quantitative estimate of drug-likeness (QED) is 0.304. The summed E-state index contributed by atoms with van der Waals surface area (Å²) in [4.78, 5) is 27.6. The zero-order valence-electron chi connectivity index (χ0n) is 19.2. The van der Waals surface area contributed by atoms with E-state index >= 15 is 0 Å². The van der Waals surface area contributed by atoms with E-state index in [1.54, 1.807) is 17.5 Å². The van der Waals surface area contributed by atoms with Crippen molar-refractivity contribution in [2.45, 2.75) is 19.8 Å². The maximum atomic E-state index is 12.0. The van der Waals surface area contributed by atoms with Crippen LogP contribution in [0.5, 0.6) is 0 Å². The number of nitrogens with zero attached hydrogens (tertiary/aromatic N) is 3. The number of aliphatic carboxylic acids is 1. The van der Waals surface area contributed by atoms with Crippen molar-refractivity contribution in [1.29, 1.82) is 0 Å². The van der Waals surface area contributed by atoms with Crippen LogP contribution < -0.4 is 4.90 Å². The van der Waals surface area contributed by atoms with E-state index in [0.29, 0.717) is 18.7 Å². The second-order valence-electron chi connectivity index (χ2n) is 9.25. The number of rotatable bonds is 5. The number of piperidine rings is 1. The SMILES string of the molecule is CC1(C(=O)O)CCCN(c2nc(-c3ccc(-c4cnco4)cc3)c(-c3cccc4[nH]ccc34)s2)C1. The van der Waals surface area contributed by atoms with Gasteiger partial charge >= 0.3 is 5.97 Å². The van der Waals surface area contributed by atoms with Crippen LogP contribution in [-0.2, 0) is 4.79 Å². The van der Waals surface area contributed by atoms with E-state index in [9.17, 15) is 9.90 Å². The van der Waals surface area contributed by atoms with Gasteiger partial charge in [0.05, 0.1) is 22.2 Å². The number of carboxylic acids is 1. The summed E-state index contributed by atoms with van der Waals surface area (Å²) in [5.74, 6) is -0.0339. The summed E-state index contributed by atoms with van der Waals surface area (Å²) in [6, 6.07) is 16.4. The van der Waals surface area contributed by atoms with Gasteiger partial charge in [0.1, 0.15) is 0 Å². The minimum absolute atomic E-state index is 0.452. The molecule has 35 heavy (non-hydrogen) atoms. The van der Waals surface area contributed by atoms with E-state index in [-0.39, 0.29) is 0 Å². The topological polar surface area (TPSA) is 95.2 Å². The molecule has 0 amide bonds. The number of nitrogens with one attached hydrogen (secondary N) is 1. The highest BCUT2D eigenvalue weighted by molar-refractivity contribution is 7.19. The molecule has 1 atom stereocenters. The largest absolute Gasteiger partial charge is 0.481 e. The smallest absolute Gasteiger partial charge is 0.311 e. The van der Waals surface area contributed by atoms with Crippen LogP contribution in [0.25, 0.3) is 43.9 Å². The number of fused-ring (bicyclic) bond motifs is 1. The van der Waals surface area contributed by atoms with Gasteiger partial charge in [-0.3, -0.25) is 4.79 Å². The number of aromatic nitrogens is 3. The lowest BCUT2D eigenvalue weighted by Gasteiger charge is -2.37. The molecule has 1 unspecified atom stereocenters. The molecule has 2 aromatic carbocycles. The average molecular weight is 485 g/mol. The molecule has 4 heterocycles. The maximum absolute atomic E-state index is 12.0. The summed E-state index contributed by atoms with van der Waals surface area (Å²) < 4.78 is 5.44. The summed E-state index contributed by atoms with van der Waals surface area (Å²) in [5.41, 5.74) is 4.25. The standard InChI is InChI=1S/C27H24N4O3S/c1-27(25(32)33)11-3-13-31(15-27)26-30-23(18-8-6-17(7-9-18)22-14-28-16-34-22)24(35-26)20-4-2-5-21-19(20)10-12-29-21/h2,4-10,12,14,16,29H,3,11,13,15H2,1H3,(H,32,33). The van der Waals surface area contributed by atoms with Crippen molar-refractivity contribution in [1.82, 2.24) is 15.0 Å². The van der Waals surface area contributed by atoms with Crippen LogP contribution in [0.1, 0.15) is 19.8 Å². The highest BCUT2D eigenvalue weighted by atomic mass is 32.1. The number of hydrogen-bond acceptors (Lipinski definition) is 6. The van der Waals surface area contributed by atoms with Crippen LogP contribution in [-0.4, -0.2) is 39.1 Å². The van der Waals surface area contributed by atoms with E-state index in [2.05, 4.69) is 45.2 Å². The lowest BCUT2D eigenvalue weighted by atomic mass is 9.82. The van der Waals surface area contributed by atoms with Gasteiger partial charge in [0.25, 0.3) is 0 Å². The summed E-state index contributed by atoms with van der Waals surface area (Å²) in [6.45, 7) is 3.08. The maximum Gasteiger partial charge on any atom is 0.311 e. The predicted octanol–water partition coefficient (Wildman–Crippen LogP) is 6.30. The van der Waals surface area contributed by atoms with Crippen molar-refractivity contribution in [3.63, 3.8) is 0 Å². The molecule has 176 valence electrons. The van der Waals surface area contributed by atoms with Crippen molar-refractivity contribution in [2.75, 3.05) is 18.0 Å². The molecule has 0 radical (unpaired) electrons. The monoisotopic (exact) mass is 484 g/mol. The highest BCUT2D eigenvalue weighted by Crippen LogP contribution is 2.44. The average Bonchev–Trinajstić information content (AvgIpc) is 3.65. The van der Waals surface area contributed by atoms with Crippen LogP contribution in [0.3, 0.4) is 0 Å². The number of carboxylic acid groups (broad SMARTS) is 1. The van der Waals surface area contributed by atoms with Gasteiger partial charge in [-0.25, -0.2) is 9.97 Å². The molecule has 0 bridgehead atoms. The molecule has 0 aliphatic carbocycles. The number of carbonyl (C=O) groups is 1. The number of anilines is 1. The summed E-state index contributed by atoms with van der Waals surface area (Å²) in [7, 11) is 0. The van der Waals surface area contributed by atoms with E-state index in [1.807, 2.05) is 31.3 Å². The fraction of sp³-hybridized carbons (Fsp3) is 0.222. The zero-order valence-corrected chi connectivity index (χ0v) is 20.0. The van der Waals surface area contributed by atoms with Crippen molar-refractivity contribution in [3.05, 3.63) is 67.3 Å². The van der Waals surface area contributed by atoms with Crippen molar-refractivity contribution in [2.24, 2.45) is 5.41 Å². The molecule has 0 saturated carbocycles. The molecule has 6 rings (SSSR count).